The highest BCUT2D eigenvalue weighted by Crippen LogP contribution is 2.19. The van der Waals surface area contributed by atoms with Gasteiger partial charge in [0, 0.05) is 24.2 Å². The number of hydrogen-bond acceptors (Lipinski definition) is 4. The molecule has 0 radical (unpaired) electrons. The third kappa shape index (κ3) is 3.27. The molecule has 0 fully saturated rings. The minimum atomic E-state index is -0.165. The highest BCUT2D eigenvalue weighted by molar-refractivity contribution is 5.92. The Balaban J connectivity index is 1.65. The van der Waals surface area contributed by atoms with Crippen molar-refractivity contribution >= 4 is 5.91 Å². The molecule has 22 heavy (non-hydrogen) atoms. The van der Waals surface area contributed by atoms with Crippen LogP contribution in [0.15, 0.2) is 24.4 Å². The van der Waals surface area contributed by atoms with Crippen LogP contribution >= 0.6 is 0 Å². The first-order valence-corrected chi connectivity index (χ1v) is 7.57. The first-order chi connectivity index (χ1) is 10.6. The van der Waals surface area contributed by atoms with Crippen molar-refractivity contribution in [3.63, 3.8) is 0 Å². The van der Waals surface area contributed by atoms with Crippen molar-refractivity contribution < 1.29 is 9.53 Å². The van der Waals surface area contributed by atoms with Crippen molar-refractivity contribution in [3.8, 4) is 5.88 Å². The fraction of sp³-hybridized carbons (Fsp3) is 0.438. The van der Waals surface area contributed by atoms with E-state index in [0.29, 0.717) is 11.6 Å². The van der Waals surface area contributed by atoms with Crippen molar-refractivity contribution in [1.29, 1.82) is 0 Å². The number of nitrogens with one attached hydrogen (secondary N) is 2. The van der Waals surface area contributed by atoms with E-state index in [1.807, 2.05) is 20.0 Å². The number of hydrogen-bond donors (Lipinski definition) is 2. The molecule has 0 saturated carbocycles. The third-order valence-electron chi connectivity index (χ3n) is 3.67. The van der Waals surface area contributed by atoms with Crippen molar-refractivity contribution in [3.05, 3.63) is 41.3 Å². The minimum Gasteiger partial charge on any atom is -0.475 e. The Hall–Kier alpha value is -2.37. The van der Waals surface area contributed by atoms with E-state index in [0.717, 1.165) is 25.0 Å². The Labute approximate surface area is 129 Å². The van der Waals surface area contributed by atoms with Gasteiger partial charge in [-0.15, -0.1) is 0 Å². The monoisotopic (exact) mass is 300 g/mol. The van der Waals surface area contributed by atoms with Gasteiger partial charge in [0.05, 0.1) is 12.3 Å². The van der Waals surface area contributed by atoms with Crippen molar-refractivity contribution in [1.82, 2.24) is 20.5 Å². The van der Waals surface area contributed by atoms with Crippen LogP contribution in [0.2, 0.25) is 0 Å². The fourth-order valence-electron chi connectivity index (χ4n) is 2.64. The highest BCUT2D eigenvalue weighted by atomic mass is 16.5. The number of carbonyl (C=O) groups is 1. The molecule has 1 aliphatic carbocycles. The van der Waals surface area contributed by atoms with Gasteiger partial charge in [0.1, 0.15) is 5.69 Å². The lowest BCUT2D eigenvalue weighted by atomic mass is 9.94. The molecule has 1 unspecified atom stereocenters. The number of rotatable bonds is 4. The lowest BCUT2D eigenvalue weighted by Gasteiger charge is -2.22. The van der Waals surface area contributed by atoms with E-state index in [1.165, 1.54) is 5.56 Å². The first kappa shape index (κ1) is 14.6. The van der Waals surface area contributed by atoms with Crippen molar-refractivity contribution in [2.24, 2.45) is 0 Å². The Morgan fingerprint density at radius 1 is 1.45 bits per heavy atom. The average molecular weight is 300 g/mol. The number of fused-ring (bicyclic) bond motifs is 1. The van der Waals surface area contributed by atoms with E-state index < -0.39 is 0 Å². The van der Waals surface area contributed by atoms with E-state index >= 15 is 0 Å². The molecular weight excluding hydrogens is 280 g/mol. The minimum absolute atomic E-state index is 0.0305. The Kier molecular flexibility index (Phi) is 4.09. The van der Waals surface area contributed by atoms with E-state index in [2.05, 4.69) is 20.5 Å². The van der Waals surface area contributed by atoms with Crippen LogP contribution in [0.3, 0.4) is 0 Å². The van der Waals surface area contributed by atoms with E-state index in [1.54, 1.807) is 18.2 Å². The average Bonchev–Trinajstić information content (AvgIpc) is 2.94. The lowest BCUT2D eigenvalue weighted by Crippen LogP contribution is -2.39. The van der Waals surface area contributed by atoms with Gasteiger partial charge in [-0.1, -0.05) is 6.07 Å². The SMILES string of the molecule is CC(C)Oc1cccc(C(=O)NC2CCc3cn[nH]c3C2)n1. The van der Waals surface area contributed by atoms with E-state index in [4.69, 9.17) is 4.74 Å². The number of amides is 1. The topological polar surface area (TPSA) is 79.9 Å². The first-order valence-electron chi connectivity index (χ1n) is 7.57. The molecule has 0 spiro atoms. The van der Waals surface area contributed by atoms with E-state index in [9.17, 15) is 4.79 Å². The standard InChI is InChI=1S/C16H20N4O2/c1-10(2)22-15-5-3-4-13(19-15)16(21)18-12-7-6-11-9-17-20-14(11)8-12/h3-5,9-10,12H,6-8H2,1-2H3,(H,17,20)(H,18,21). The molecule has 3 rings (SSSR count). The molecule has 0 aromatic carbocycles. The second kappa shape index (κ2) is 6.17. The van der Waals surface area contributed by atoms with Crippen LogP contribution in [-0.4, -0.2) is 33.2 Å². The zero-order valence-corrected chi connectivity index (χ0v) is 12.8. The Morgan fingerprint density at radius 3 is 3.14 bits per heavy atom. The largest absolute Gasteiger partial charge is 0.475 e. The number of ether oxygens (including phenoxy) is 1. The summed E-state index contributed by atoms with van der Waals surface area (Å²) in [5.41, 5.74) is 2.74. The summed E-state index contributed by atoms with van der Waals surface area (Å²) in [5.74, 6) is 0.310. The van der Waals surface area contributed by atoms with Gasteiger partial charge in [0.2, 0.25) is 5.88 Å². The number of aromatic amines is 1. The van der Waals surface area contributed by atoms with Crippen molar-refractivity contribution in [2.75, 3.05) is 0 Å². The maximum atomic E-state index is 12.3. The van der Waals surface area contributed by atoms with Crippen LogP contribution in [0.5, 0.6) is 5.88 Å². The summed E-state index contributed by atoms with van der Waals surface area (Å²) in [5, 5.41) is 10.1. The number of carbonyl (C=O) groups excluding carboxylic acids is 1. The zero-order chi connectivity index (χ0) is 15.5. The summed E-state index contributed by atoms with van der Waals surface area (Å²) in [4.78, 5) is 16.6. The van der Waals surface area contributed by atoms with E-state index in [-0.39, 0.29) is 18.1 Å². The van der Waals surface area contributed by atoms with Crippen LogP contribution in [-0.2, 0) is 12.8 Å². The second-order valence-corrected chi connectivity index (χ2v) is 5.81. The lowest BCUT2D eigenvalue weighted by molar-refractivity contribution is 0.0926. The number of nitrogens with zero attached hydrogens (tertiary/aromatic N) is 2. The zero-order valence-electron chi connectivity index (χ0n) is 12.8. The molecular formula is C16H20N4O2. The van der Waals surface area contributed by atoms with Gasteiger partial charge >= 0.3 is 0 Å². The fourth-order valence-corrected chi connectivity index (χ4v) is 2.64. The predicted octanol–water partition coefficient (Wildman–Crippen LogP) is 1.88. The maximum Gasteiger partial charge on any atom is 0.270 e. The smallest absolute Gasteiger partial charge is 0.270 e. The molecule has 0 bridgehead atoms. The molecule has 2 heterocycles. The van der Waals surface area contributed by atoms with Gasteiger partial charge in [-0.3, -0.25) is 9.89 Å². The summed E-state index contributed by atoms with van der Waals surface area (Å²) < 4.78 is 5.53. The molecule has 0 aliphatic heterocycles. The molecule has 2 N–H and O–H groups in total. The van der Waals surface area contributed by atoms with Gasteiger partial charge in [-0.05, 0) is 38.3 Å². The van der Waals surface area contributed by atoms with Gasteiger partial charge in [0.25, 0.3) is 5.91 Å². The van der Waals surface area contributed by atoms with Gasteiger partial charge < -0.3 is 10.1 Å². The van der Waals surface area contributed by atoms with Crippen molar-refractivity contribution in [2.45, 2.75) is 45.3 Å². The molecule has 0 saturated heterocycles. The number of aryl methyl sites for hydroxylation is 1. The van der Waals surface area contributed by atoms with Crippen LogP contribution in [0.1, 0.15) is 42.0 Å². The molecule has 1 aliphatic rings. The molecule has 6 nitrogen and oxygen atoms in total. The van der Waals surface area contributed by atoms with Gasteiger partial charge in [-0.25, -0.2) is 4.98 Å². The Bertz CT molecular complexity index is 666. The molecule has 2 aromatic rings. The summed E-state index contributed by atoms with van der Waals surface area (Å²) in [6.45, 7) is 3.86. The molecule has 1 atom stereocenters. The molecule has 116 valence electrons. The normalized spacial score (nSPS) is 17.1. The van der Waals surface area contributed by atoms with Gasteiger partial charge in [0.15, 0.2) is 0 Å². The van der Waals surface area contributed by atoms with Crippen LogP contribution in [0.25, 0.3) is 0 Å². The summed E-state index contributed by atoms with van der Waals surface area (Å²) in [6, 6.07) is 5.35. The second-order valence-electron chi connectivity index (χ2n) is 5.81. The number of H-pyrrole nitrogens is 1. The Morgan fingerprint density at radius 2 is 2.32 bits per heavy atom. The predicted molar refractivity (Wildman–Crippen MR) is 81.9 cm³/mol. The summed E-state index contributed by atoms with van der Waals surface area (Å²) >= 11 is 0. The highest BCUT2D eigenvalue weighted by Gasteiger charge is 2.22. The van der Waals surface area contributed by atoms with Crippen LogP contribution in [0, 0.1) is 0 Å². The summed E-state index contributed by atoms with van der Waals surface area (Å²) in [6.07, 6.45) is 4.52. The molecule has 1 amide bonds. The number of pyridine rings is 1. The van der Waals surface area contributed by atoms with Crippen LogP contribution < -0.4 is 10.1 Å². The maximum absolute atomic E-state index is 12.3. The molecule has 6 heteroatoms. The molecule has 2 aromatic heterocycles. The quantitative estimate of drug-likeness (QED) is 0.903. The van der Waals surface area contributed by atoms with Crippen LogP contribution in [0.4, 0.5) is 0 Å². The summed E-state index contributed by atoms with van der Waals surface area (Å²) in [7, 11) is 0. The number of aromatic nitrogens is 3. The third-order valence-corrected chi connectivity index (χ3v) is 3.67. The van der Waals surface area contributed by atoms with Gasteiger partial charge in [-0.2, -0.15) is 5.10 Å².